The van der Waals surface area contributed by atoms with Crippen LogP contribution in [0.2, 0.25) is 0 Å². The van der Waals surface area contributed by atoms with Gasteiger partial charge in [-0.1, -0.05) is 25.7 Å². The molecule has 2 saturated carbocycles. The maximum Gasteiger partial charge on any atom is 0.345 e. The molecule has 0 aromatic carbocycles. The van der Waals surface area contributed by atoms with Crippen molar-refractivity contribution in [3.63, 3.8) is 0 Å². The second-order valence-corrected chi connectivity index (χ2v) is 4.64. The Morgan fingerprint density at radius 1 is 0.929 bits per heavy atom. The number of hydrogen-bond acceptors (Lipinski definition) is 1. The molecule has 0 N–H and O–H groups in total. The van der Waals surface area contributed by atoms with Crippen LogP contribution in [0.5, 0.6) is 0 Å². The summed E-state index contributed by atoms with van der Waals surface area (Å²) in [6.45, 7) is -2.58. The highest BCUT2D eigenvalue weighted by Gasteiger charge is 2.33. The first kappa shape index (κ1) is 10.3. The van der Waals surface area contributed by atoms with Gasteiger partial charge in [-0.05, 0) is 31.1 Å². The van der Waals surface area contributed by atoms with Gasteiger partial charge in [-0.15, -0.1) is 0 Å². The molecule has 2 aliphatic rings. The van der Waals surface area contributed by atoms with Crippen LogP contribution in [-0.4, -0.2) is 12.7 Å². The van der Waals surface area contributed by atoms with Crippen molar-refractivity contribution in [3.8, 4) is 0 Å². The molecule has 3 atom stereocenters. The third-order valence-corrected chi connectivity index (χ3v) is 3.79. The zero-order valence-corrected chi connectivity index (χ0v) is 8.42. The van der Waals surface area contributed by atoms with E-state index in [1.807, 2.05) is 0 Å². The first-order valence-electron chi connectivity index (χ1n) is 5.69. The van der Waals surface area contributed by atoms with Crippen molar-refractivity contribution < 1.29 is 13.5 Å². The summed E-state index contributed by atoms with van der Waals surface area (Å²) in [5.74, 6) is 1.47. The maximum absolute atomic E-state index is 12.0. The molecule has 2 rings (SSSR count). The number of halogens is 2. The fraction of sp³-hybridized carbons (Fsp3) is 1.00. The summed E-state index contributed by atoms with van der Waals surface area (Å²) < 4.78 is 28.6. The lowest BCUT2D eigenvalue weighted by Crippen LogP contribution is -2.32. The first-order valence-corrected chi connectivity index (χ1v) is 5.69. The Bertz CT molecular complexity index is 184. The molecule has 0 aromatic rings. The minimum atomic E-state index is -2.58. The smallest absolute Gasteiger partial charge is 0.320 e. The summed E-state index contributed by atoms with van der Waals surface area (Å²) in [6.07, 6.45) is 7.79. The Labute approximate surface area is 83.8 Å². The highest BCUT2D eigenvalue weighted by atomic mass is 19.3. The van der Waals surface area contributed by atoms with Gasteiger partial charge in [0.2, 0.25) is 0 Å². The lowest BCUT2D eigenvalue weighted by molar-refractivity contribution is -0.177. The van der Waals surface area contributed by atoms with Gasteiger partial charge in [0.05, 0.1) is 6.10 Å². The molecule has 2 aliphatic carbocycles. The highest BCUT2D eigenvalue weighted by molar-refractivity contribution is 4.83. The monoisotopic (exact) mass is 204 g/mol. The third-order valence-electron chi connectivity index (χ3n) is 3.79. The molecule has 0 bridgehead atoms. The number of alkyl halides is 2. The standard InChI is InChI=1S/C11H18F2O/c12-11(13)14-10-6-5-8-3-1-2-4-9(8)7-10/h8-11H,1-7H2. The summed E-state index contributed by atoms with van der Waals surface area (Å²) in [5, 5.41) is 0. The molecule has 0 spiro atoms. The minimum Gasteiger partial charge on any atom is -0.320 e. The average Bonchev–Trinajstić information content (AvgIpc) is 2.17. The fourth-order valence-corrected chi connectivity index (χ4v) is 3.10. The fourth-order valence-electron chi connectivity index (χ4n) is 3.10. The van der Waals surface area contributed by atoms with E-state index in [2.05, 4.69) is 4.74 Å². The maximum atomic E-state index is 12.0. The van der Waals surface area contributed by atoms with Crippen LogP contribution in [0.15, 0.2) is 0 Å². The quantitative estimate of drug-likeness (QED) is 0.668. The SMILES string of the molecule is FC(F)OC1CCC2CCCCC2C1. The zero-order chi connectivity index (χ0) is 9.97. The van der Waals surface area contributed by atoms with Crippen LogP contribution in [0.3, 0.4) is 0 Å². The van der Waals surface area contributed by atoms with Gasteiger partial charge < -0.3 is 4.74 Å². The lowest BCUT2D eigenvalue weighted by atomic mass is 9.70. The molecule has 2 fully saturated rings. The van der Waals surface area contributed by atoms with E-state index in [0.29, 0.717) is 5.92 Å². The van der Waals surface area contributed by atoms with Gasteiger partial charge in [-0.2, -0.15) is 8.78 Å². The van der Waals surface area contributed by atoms with Gasteiger partial charge in [-0.25, -0.2) is 0 Å². The van der Waals surface area contributed by atoms with Crippen LogP contribution < -0.4 is 0 Å². The summed E-state index contributed by atoms with van der Waals surface area (Å²) in [7, 11) is 0. The second-order valence-electron chi connectivity index (χ2n) is 4.64. The molecule has 1 nitrogen and oxygen atoms in total. The number of ether oxygens (including phenoxy) is 1. The molecule has 14 heavy (non-hydrogen) atoms. The van der Waals surface area contributed by atoms with E-state index >= 15 is 0 Å². The third kappa shape index (κ3) is 2.44. The molecule has 0 heterocycles. The predicted octanol–water partition coefficient (Wildman–Crippen LogP) is 3.58. The van der Waals surface area contributed by atoms with Gasteiger partial charge in [0.25, 0.3) is 0 Å². The molecule has 3 heteroatoms. The van der Waals surface area contributed by atoms with Crippen molar-refractivity contribution in [2.24, 2.45) is 11.8 Å². The molecular weight excluding hydrogens is 186 g/mol. The van der Waals surface area contributed by atoms with E-state index in [1.165, 1.54) is 25.7 Å². The Balaban J connectivity index is 1.83. The van der Waals surface area contributed by atoms with Crippen molar-refractivity contribution in [3.05, 3.63) is 0 Å². The van der Waals surface area contributed by atoms with Crippen molar-refractivity contribution in [1.29, 1.82) is 0 Å². The van der Waals surface area contributed by atoms with E-state index in [0.717, 1.165) is 25.2 Å². The Morgan fingerprint density at radius 3 is 2.36 bits per heavy atom. The van der Waals surface area contributed by atoms with Crippen molar-refractivity contribution in [2.75, 3.05) is 0 Å². The van der Waals surface area contributed by atoms with Gasteiger partial charge in [0.15, 0.2) is 0 Å². The van der Waals surface area contributed by atoms with Crippen LogP contribution in [-0.2, 0) is 4.74 Å². The van der Waals surface area contributed by atoms with Crippen molar-refractivity contribution in [2.45, 2.75) is 57.7 Å². The summed E-state index contributed by atoms with van der Waals surface area (Å²) in [4.78, 5) is 0. The molecule has 0 aromatic heterocycles. The molecule has 82 valence electrons. The molecule has 0 aliphatic heterocycles. The lowest BCUT2D eigenvalue weighted by Gasteiger charge is -2.38. The topological polar surface area (TPSA) is 9.23 Å². The van der Waals surface area contributed by atoms with E-state index in [1.54, 1.807) is 0 Å². The average molecular weight is 204 g/mol. The predicted molar refractivity (Wildman–Crippen MR) is 50.2 cm³/mol. The van der Waals surface area contributed by atoms with E-state index in [4.69, 9.17) is 0 Å². The summed E-state index contributed by atoms with van der Waals surface area (Å²) >= 11 is 0. The van der Waals surface area contributed by atoms with Gasteiger partial charge in [-0.3, -0.25) is 0 Å². The van der Waals surface area contributed by atoms with Gasteiger partial charge in [0.1, 0.15) is 0 Å². The van der Waals surface area contributed by atoms with E-state index < -0.39 is 6.61 Å². The van der Waals surface area contributed by atoms with E-state index in [9.17, 15) is 8.78 Å². The molecule has 3 unspecified atom stereocenters. The molecule has 0 saturated heterocycles. The van der Waals surface area contributed by atoms with Crippen LogP contribution in [0.4, 0.5) is 8.78 Å². The summed E-state index contributed by atoms with van der Waals surface area (Å²) in [6, 6.07) is 0. The van der Waals surface area contributed by atoms with Gasteiger partial charge in [0, 0.05) is 0 Å². The zero-order valence-electron chi connectivity index (χ0n) is 8.42. The van der Waals surface area contributed by atoms with Gasteiger partial charge >= 0.3 is 6.61 Å². The number of hydrogen-bond donors (Lipinski definition) is 0. The summed E-state index contributed by atoms with van der Waals surface area (Å²) in [5.41, 5.74) is 0. The highest BCUT2D eigenvalue weighted by Crippen LogP contribution is 2.41. The van der Waals surface area contributed by atoms with Crippen LogP contribution >= 0.6 is 0 Å². The van der Waals surface area contributed by atoms with Crippen molar-refractivity contribution >= 4 is 0 Å². The Hall–Kier alpha value is -0.180. The molecule has 0 radical (unpaired) electrons. The molecule has 0 amide bonds. The normalized spacial score (nSPS) is 38.4. The molecular formula is C11H18F2O. The Morgan fingerprint density at radius 2 is 1.64 bits per heavy atom. The van der Waals surface area contributed by atoms with Crippen molar-refractivity contribution in [1.82, 2.24) is 0 Å². The number of rotatable bonds is 2. The van der Waals surface area contributed by atoms with E-state index in [-0.39, 0.29) is 6.10 Å². The largest absolute Gasteiger partial charge is 0.345 e. The van der Waals surface area contributed by atoms with Crippen LogP contribution in [0.1, 0.15) is 44.9 Å². The first-order chi connectivity index (χ1) is 6.75. The minimum absolute atomic E-state index is 0.172. The second kappa shape index (κ2) is 4.56. The van der Waals surface area contributed by atoms with Crippen LogP contribution in [0.25, 0.3) is 0 Å². The number of fused-ring (bicyclic) bond motifs is 1. The Kier molecular flexibility index (Phi) is 3.37. The van der Waals surface area contributed by atoms with Crippen LogP contribution in [0, 0.1) is 11.8 Å².